The number of rotatable bonds is 12. The molecule has 7 N–H and O–H groups in total. The van der Waals surface area contributed by atoms with E-state index in [4.69, 9.17) is 15.2 Å². The van der Waals surface area contributed by atoms with E-state index in [1.807, 2.05) is 13.8 Å². The molecule has 0 bridgehead atoms. The summed E-state index contributed by atoms with van der Waals surface area (Å²) in [5, 5.41) is 16.6. The van der Waals surface area contributed by atoms with E-state index in [9.17, 15) is 14.4 Å². The molecule has 3 amide bonds. The van der Waals surface area contributed by atoms with Gasteiger partial charge in [-0.1, -0.05) is 91.7 Å². The monoisotopic (exact) mass is 744 g/mol. The summed E-state index contributed by atoms with van der Waals surface area (Å²) in [5.74, 6) is -0.873. The van der Waals surface area contributed by atoms with Gasteiger partial charge in [0.15, 0.2) is 0 Å². The molecule has 6 atom stereocenters. The minimum Gasteiger partial charge on any atom is -0.385 e. The molecule has 12 heteroatoms. The first kappa shape index (κ1) is 43.1. The van der Waals surface area contributed by atoms with Crippen LogP contribution in [0.5, 0.6) is 0 Å². The van der Waals surface area contributed by atoms with E-state index in [1.165, 1.54) is 0 Å². The van der Waals surface area contributed by atoms with Crippen molar-refractivity contribution >= 4 is 17.7 Å². The summed E-state index contributed by atoms with van der Waals surface area (Å²) in [6.07, 6.45) is 14.5. The highest BCUT2D eigenvalue weighted by molar-refractivity contribution is 5.89. The average Bonchev–Trinajstić information content (AvgIpc) is 3.40. The molecule has 0 aromatic carbocycles. The highest BCUT2D eigenvalue weighted by Crippen LogP contribution is 2.45. The van der Waals surface area contributed by atoms with E-state index in [1.54, 1.807) is 11.9 Å². The Labute approximate surface area is 319 Å². The molecule has 0 radical (unpaired) electrons. The first-order valence-corrected chi connectivity index (χ1v) is 20.9. The molecule has 302 valence electrons. The van der Waals surface area contributed by atoms with Crippen LogP contribution in [0.25, 0.3) is 0 Å². The lowest BCUT2D eigenvalue weighted by Gasteiger charge is -2.54. The molecule has 2 saturated carbocycles. The van der Waals surface area contributed by atoms with Gasteiger partial charge in [0, 0.05) is 50.0 Å². The highest BCUT2D eigenvalue weighted by atomic mass is 16.5. The molecule has 2 heterocycles. The predicted molar refractivity (Wildman–Crippen MR) is 211 cm³/mol. The van der Waals surface area contributed by atoms with Crippen molar-refractivity contribution in [3.63, 3.8) is 0 Å². The van der Waals surface area contributed by atoms with Crippen LogP contribution in [0.15, 0.2) is 24.6 Å². The number of unbranched alkanes of at least 4 members (excludes halogenated alkanes) is 3. The van der Waals surface area contributed by atoms with Crippen LogP contribution in [0.1, 0.15) is 117 Å². The van der Waals surface area contributed by atoms with E-state index >= 15 is 0 Å². The number of ether oxygens (including phenoxy) is 2. The van der Waals surface area contributed by atoms with Crippen LogP contribution in [0.3, 0.4) is 0 Å². The molecule has 53 heavy (non-hydrogen) atoms. The number of nitrogens with zero attached hydrogens (tertiary/aromatic N) is 1. The fourth-order valence-electron chi connectivity index (χ4n) is 8.66. The molecule has 4 rings (SSSR count). The summed E-state index contributed by atoms with van der Waals surface area (Å²) in [7, 11) is 1.75. The Kier molecular flexibility index (Phi) is 17.4. The maximum Gasteiger partial charge on any atom is 0.244 e. The van der Waals surface area contributed by atoms with Crippen LogP contribution in [0.4, 0.5) is 0 Å². The Hall–Kier alpha value is -2.67. The normalized spacial score (nSPS) is 30.4. The van der Waals surface area contributed by atoms with Crippen molar-refractivity contribution in [2.24, 2.45) is 23.0 Å². The van der Waals surface area contributed by atoms with Gasteiger partial charge in [0.2, 0.25) is 17.7 Å². The third-order valence-electron chi connectivity index (χ3n) is 12.3. The van der Waals surface area contributed by atoms with Crippen molar-refractivity contribution in [1.82, 2.24) is 31.5 Å². The molecular weight excluding hydrogens is 670 g/mol. The molecule has 2 aliphatic heterocycles. The van der Waals surface area contributed by atoms with Gasteiger partial charge in [-0.05, 0) is 44.4 Å². The summed E-state index contributed by atoms with van der Waals surface area (Å²) in [4.78, 5) is 44.0. The molecule has 2 aliphatic carbocycles. The third-order valence-corrected chi connectivity index (χ3v) is 12.3. The highest BCUT2D eigenvalue weighted by Gasteiger charge is 2.49. The smallest absolute Gasteiger partial charge is 0.244 e. The summed E-state index contributed by atoms with van der Waals surface area (Å²) in [5.41, 5.74) is 7.80. The second-order valence-corrected chi connectivity index (χ2v) is 16.5. The molecule has 2 saturated heterocycles. The van der Waals surface area contributed by atoms with Gasteiger partial charge >= 0.3 is 0 Å². The van der Waals surface area contributed by atoms with E-state index < -0.39 is 30.1 Å². The van der Waals surface area contributed by atoms with Crippen LogP contribution in [-0.4, -0.2) is 105 Å². The van der Waals surface area contributed by atoms with Crippen LogP contribution in [0, 0.1) is 17.3 Å². The van der Waals surface area contributed by atoms with Crippen LogP contribution in [0.2, 0.25) is 0 Å². The second kappa shape index (κ2) is 21.4. The average molecular weight is 744 g/mol. The molecule has 4 aliphatic rings. The fourth-order valence-corrected chi connectivity index (χ4v) is 8.66. The second-order valence-electron chi connectivity index (χ2n) is 16.5. The van der Waals surface area contributed by atoms with Gasteiger partial charge in [0.1, 0.15) is 12.1 Å². The van der Waals surface area contributed by atoms with Crippen LogP contribution < -0.4 is 32.3 Å². The zero-order valence-electron chi connectivity index (χ0n) is 33.4. The molecule has 12 nitrogen and oxygen atoms in total. The lowest BCUT2D eigenvalue weighted by atomic mass is 9.63. The van der Waals surface area contributed by atoms with Gasteiger partial charge in [-0.2, -0.15) is 0 Å². The Morgan fingerprint density at radius 1 is 0.887 bits per heavy atom. The van der Waals surface area contributed by atoms with Crippen LogP contribution in [-0.2, 0) is 23.9 Å². The predicted octanol–water partition coefficient (Wildman–Crippen LogP) is 3.86. The first-order valence-electron chi connectivity index (χ1n) is 20.9. The standard InChI is InChI=1S/C41H73N7O5/c1-7-9-10-15-19-36-28(3)40(51)48(6)35(16-8-2)39(50)47-37(31-17-13-11-12-14-18-31)30(5)45-33(24-42)38(49)46-34(29(4)44-20-21-52-36)25-53-32-22-41(23-32)26-43-27-41/h28,31-37,43-45H,4-5,7-27,42H2,1-3,6H3,(H,46,49)(H,47,50)/t28?,33?,34?,35?,36-,37?/m1/s1. The zero-order valence-corrected chi connectivity index (χ0v) is 33.4. The lowest BCUT2D eigenvalue weighted by molar-refractivity contribution is -0.146. The van der Waals surface area contributed by atoms with Gasteiger partial charge in [-0.3, -0.25) is 14.4 Å². The zero-order chi connectivity index (χ0) is 38.4. The number of nitrogens with two attached hydrogens (primary N) is 1. The van der Waals surface area contributed by atoms with Crippen molar-refractivity contribution in [2.45, 2.75) is 153 Å². The van der Waals surface area contributed by atoms with Crippen molar-refractivity contribution in [1.29, 1.82) is 0 Å². The quantitative estimate of drug-likeness (QED) is 0.129. The van der Waals surface area contributed by atoms with Gasteiger partial charge in [0.05, 0.1) is 43.4 Å². The number of carbonyl (C=O) groups is 3. The topological polar surface area (TPSA) is 159 Å². The van der Waals surface area contributed by atoms with Gasteiger partial charge in [-0.15, -0.1) is 0 Å². The van der Waals surface area contributed by atoms with E-state index in [2.05, 4.69) is 46.7 Å². The van der Waals surface area contributed by atoms with Crippen molar-refractivity contribution in [3.8, 4) is 0 Å². The van der Waals surface area contributed by atoms with E-state index in [0.29, 0.717) is 36.4 Å². The molecule has 0 aromatic heterocycles. The number of nitrogens with one attached hydrogen (secondary N) is 5. The fraction of sp³-hybridized carbons (Fsp3) is 0.829. The van der Waals surface area contributed by atoms with Crippen molar-refractivity contribution in [3.05, 3.63) is 24.6 Å². The van der Waals surface area contributed by atoms with Crippen molar-refractivity contribution in [2.75, 3.05) is 46.4 Å². The number of amides is 3. The minimum absolute atomic E-state index is 0.0306. The Balaban J connectivity index is 1.60. The largest absolute Gasteiger partial charge is 0.385 e. The molecular formula is C41H73N7O5. The van der Waals surface area contributed by atoms with Crippen molar-refractivity contribution < 1.29 is 23.9 Å². The Morgan fingerprint density at radius 3 is 2.23 bits per heavy atom. The SMILES string of the molecule is C=C1NCCO[C@H](CCCCCC)C(C)C(=O)N(C)C(CCC)C(=O)NC(C2CCCCCC2)C(=C)NC(CN)C(=O)NC1COC1CC2(CNC2)C1. The number of carbonyl (C=O) groups excluding carboxylic acids is 3. The first-order chi connectivity index (χ1) is 25.5. The molecule has 5 unspecified atom stereocenters. The summed E-state index contributed by atoms with van der Waals surface area (Å²) in [6, 6.07) is -2.37. The van der Waals surface area contributed by atoms with Crippen LogP contribution >= 0.6 is 0 Å². The molecule has 0 aromatic rings. The van der Waals surface area contributed by atoms with E-state index in [0.717, 1.165) is 103 Å². The summed E-state index contributed by atoms with van der Waals surface area (Å²) < 4.78 is 12.8. The lowest BCUT2D eigenvalue weighted by Crippen LogP contribution is -2.62. The van der Waals surface area contributed by atoms with E-state index in [-0.39, 0.29) is 49.0 Å². The maximum atomic E-state index is 14.3. The van der Waals surface area contributed by atoms with Gasteiger partial charge in [-0.25, -0.2) is 0 Å². The number of likely N-dealkylation sites (N-methyl/N-ethyl adjacent to an activating group) is 1. The Bertz CT molecular complexity index is 1200. The Morgan fingerprint density at radius 2 is 1.60 bits per heavy atom. The number of hydrogen-bond acceptors (Lipinski definition) is 9. The summed E-state index contributed by atoms with van der Waals surface area (Å²) in [6.45, 7) is 18.1. The third kappa shape index (κ3) is 12.2. The summed E-state index contributed by atoms with van der Waals surface area (Å²) >= 11 is 0. The number of hydrogen-bond donors (Lipinski definition) is 6. The molecule has 4 fully saturated rings. The minimum atomic E-state index is -0.786. The molecule has 1 spiro atoms. The van der Waals surface area contributed by atoms with Gasteiger partial charge in [0.25, 0.3) is 0 Å². The maximum absolute atomic E-state index is 14.3. The van der Waals surface area contributed by atoms with Gasteiger partial charge < -0.3 is 46.7 Å².